The first-order chi connectivity index (χ1) is 13.3. The van der Waals surface area contributed by atoms with E-state index in [0.717, 1.165) is 16.7 Å². The maximum absolute atomic E-state index is 13.4. The zero-order valence-electron chi connectivity index (χ0n) is 16.5. The summed E-state index contributed by atoms with van der Waals surface area (Å²) >= 11 is 0. The largest absolute Gasteiger partial charge is 0.378 e. The highest BCUT2D eigenvalue weighted by molar-refractivity contribution is 7.92. The van der Waals surface area contributed by atoms with Crippen LogP contribution < -0.4 is 4.31 Å². The van der Waals surface area contributed by atoms with Gasteiger partial charge in [-0.05, 0) is 44.5 Å². The summed E-state index contributed by atoms with van der Waals surface area (Å²) < 4.78 is 33.4. The second-order valence-electron chi connectivity index (χ2n) is 7.11. The molecular formula is C21H26N2O4S. The van der Waals surface area contributed by atoms with Crippen molar-refractivity contribution in [3.63, 3.8) is 0 Å². The Bertz CT molecular complexity index is 949. The summed E-state index contributed by atoms with van der Waals surface area (Å²) in [5.74, 6) is -0.223. The quantitative estimate of drug-likeness (QED) is 0.771. The van der Waals surface area contributed by atoms with Gasteiger partial charge in [0.1, 0.15) is 6.54 Å². The number of anilines is 1. The predicted molar refractivity (Wildman–Crippen MR) is 109 cm³/mol. The molecule has 0 N–H and O–H groups in total. The van der Waals surface area contributed by atoms with Gasteiger partial charge >= 0.3 is 0 Å². The third-order valence-corrected chi connectivity index (χ3v) is 6.65. The van der Waals surface area contributed by atoms with Crippen LogP contribution in [0, 0.1) is 20.8 Å². The Balaban J connectivity index is 2.00. The van der Waals surface area contributed by atoms with Crippen molar-refractivity contribution in [2.75, 3.05) is 37.2 Å². The lowest BCUT2D eigenvalue weighted by molar-refractivity contribution is -0.133. The SMILES string of the molecule is Cc1ccc(S(=O)(=O)N(CC(=O)N2CCOCC2)c2ccc(C)cc2C)cc1. The molecule has 0 atom stereocenters. The van der Waals surface area contributed by atoms with Crippen LogP contribution in [0.1, 0.15) is 16.7 Å². The third kappa shape index (κ3) is 4.36. The fraction of sp³-hybridized carbons (Fsp3) is 0.381. The van der Waals surface area contributed by atoms with E-state index in [1.807, 2.05) is 32.9 Å². The van der Waals surface area contributed by atoms with Gasteiger partial charge in [-0.15, -0.1) is 0 Å². The van der Waals surface area contributed by atoms with Crippen molar-refractivity contribution in [2.45, 2.75) is 25.7 Å². The minimum atomic E-state index is -3.89. The summed E-state index contributed by atoms with van der Waals surface area (Å²) in [5, 5.41) is 0. The Morgan fingerprint density at radius 2 is 1.61 bits per heavy atom. The first-order valence-electron chi connectivity index (χ1n) is 9.31. The minimum absolute atomic E-state index is 0.174. The number of aryl methyl sites for hydroxylation is 3. The average molecular weight is 403 g/mol. The van der Waals surface area contributed by atoms with E-state index in [1.54, 1.807) is 35.2 Å². The first-order valence-corrected chi connectivity index (χ1v) is 10.8. The number of amides is 1. The summed E-state index contributed by atoms with van der Waals surface area (Å²) in [6.45, 7) is 7.38. The topological polar surface area (TPSA) is 66.9 Å². The standard InChI is InChI=1S/C21H26N2O4S/c1-16-4-7-19(8-5-16)28(25,26)23(20-9-6-17(2)14-18(20)3)15-21(24)22-10-12-27-13-11-22/h4-9,14H,10-13,15H2,1-3H3. The van der Waals surface area contributed by atoms with E-state index in [2.05, 4.69) is 0 Å². The molecule has 0 radical (unpaired) electrons. The number of morpholine rings is 1. The molecule has 1 aliphatic heterocycles. The molecule has 28 heavy (non-hydrogen) atoms. The van der Waals surface area contributed by atoms with Crippen molar-refractivity contribution in [3.05, 3.63) is 59.2 Å². The number of rotatable bonds is 5. The van der Waals surface area contributed by atoms with Crippen molar-refractivity contribution in [1.82, 2.24) is 4.90 Å². The van der Waals surface area contributed by atoms with Gasteiger partial charge in [-0.2, -0.15) is 0 Å². The summed E-state index contributed by atoms with van der Waals surface area (Å²) in [6, 6.07) is 12.2. The Morgan fingerprint density at radius 1 is 1.00 bits per heavy atom. The Labute approximate surface area is 166 Å². The monoisotopic (exact) mass is 402 g/mol. The first kappa shape index (κ1) is 20.4. The molecular weight excluding hydrogens is 376 g/mol. The number of ether oxygens (including phenoxy) is 1. The molecule has 7 heteroatoms. The highest BCUT2D eigenvalue weighted by Crippen LogP contribution is 2.28. The summed E-state index contributed by atoms with van der Waals surface area (Å²) in [6.07, 6.45) is 0. The molecule has 0 bridgehead atoms. The molecule has 0 saturated carbocycles. The number of sulfonamides is 1. The van der Waals surface area contributed by atoms with Gasteiger partial charge in [0.25, 0.3) is 10.0 Å². The van der Waals surface area contributed by atoms with E-state index in [4.69, 9.17) is 4.74 Å². The molecule has 3 rings (SSSR count). The fourth-order valence-electron chi connectivity index (χ4n) is 3.26. The molecule has 0 spiro atoms. The van der Waals surface area contributed by atoms with Gasteiger partial charge in [0.05, 0.1) is 23.8 Å². The Hall–Kier alpha value is -2.38. The highest BCUT2D eigenvalue weighted by atomic mass is 32.2. The minimum Gasteiger partial charge on any atom is -0.378 e. The Kier molecular flexibility index (Phi) is 6.05. The summed E-state index contributed by atoms with van der Waals surface area (Å²) in [7, 11) is -3.89. The van der Waals surface area contributed by atoms with E-state index in [1.165, 1.54) is 4.31 Å². The van der Waals surface area contributed by atoms with E-state index >= 15 is 0 Å². The van der Waals surface area contributed by atoms with Crippen molar-refractivity contribution >= 4 is 21.6 Å². The van der Waals surface area contributed by atoms with Crippen molar-refractivity contribution in [2.24, 2.45) is 0 Å². The summed E-state index contributed by atoms with van der Waals surface area (Å²) in [4.78, 5) is 14.7. The van der Waals surface area contributed by atoms with E-state index < -0.39 is 10.0 Å². The van der Waals surface area contributed by atoms with Gasteiger partial charge in [0.15, 0.2) is 0 Å². The number of carbonyl (C=O) groups is 1. The van der Waals surface area contributed by atoms with Gasteiger partial charge in [0.2, 0.25) is 5.91 Å². The van der Waals surface area contributed by atoms with Crippen LogP contribution in [0.15, 0.2) is 47.4 Å². The number of hydrogen-bond acceptors (Lipinski definition) is 4. The van der Waals surface area contributed by atoms with Gasteiger partial charge in [-0.25, -0.2) is 8.42 Å². The highest BCUT2D eigenvalue weighted by Gasteiger charge is 2.30. The number of hydrogen-bond donors (Lipinski definition) is 0. The Morgan fingerprint density at radius 3 is 2.21 bits per heavy atom. The van der Waals surface area contributed by atoms with E-state index in [-0.39, 0.29) is 17.3 Å². The molecule has 0 unspecified atom stereocenters. The van der Waals surface area contributed by atoms with Crippen molar-refractivity contribution < 1.29 is 17.9 Å². The molecule has 150 valence electrons. The normalized spacial score (nSPS) is 14.8. The molecule has 0 aliphatic carbocycles. The smallest absolute Gasteiger partial charge is 0.264 e. The van der Waals surface area contributed by atoms with Gasteiger partial charge in [-0.3, -0.25) is 9.10 Å². The molecule has 1 aliphatic rings. The molecule has 1 fully saturated rings. The maximum Gasteiger partial charge on any atom is 0.264 e. The van der Waals surface area contributed by atoms with Crippen LogP contribution in [0.2, 0.25) is 0 Å². The van der Waals surface area contributed by atoms with Crippen molar-refractivity contribution in [1.29, 1.82) is 0 Å². The van der Waals surface area contributed by atoms with E-state index in [0.29, 0.717) is 32.0 Å². The van der Waals surface area contributed by atoms with Crippen molar-refractivity contribution in [3.8, 4) is 0 Å². The van der Waals surface area contributed by atoms with E-state index in [9.17, 15) is 13.2 Å². The molecule has 2 aromatic carbocycles. The molecule has 1 heterocycles. The van der Waals surface area contributed by atoms with Gasteiger partial charge < -0.3 is 9.64 Å². The van der Waals surface area contributed by atoms with Crippen LogP contribution in [0.25, 0.3) is 0 Å². The van der Waals surface area contributed by atoms with Gasteiger partial charge in [0, 0.05) is 13.1 Å². The summed E-state index contributed by atoms with van der Waals surface area (Å²) in [5.41, 5.74) is 3.34. The van der Waals surface area contributed by atoms with Crippen LogP contribution >= 0.6 is 0 Å². The molecule has 0 aromatic heterocycles. The van der Waals surface area contributed by atoms with Crippen LogP contribution in [-0.2, 0) is 19.6 Å². The molecule has 6 nitrogen and oxygen atoms in total. The lowest BCUT2D eigenvalue weighted by atomic mass is 10.1. The second kappa shape index (κ2) is 8.32. The number of nitrogens with zero attached hydrogens (tertiary/aromatic N) is 2. The fourth-order valence-corrected chi connectivity index (χ4v) is 4.74. The molecule has 1 saturated heterocycles. The van der Waals surface area contributed by atoms with Crippen LogP contribution in [0.3, 0.4) is 0 Å². The molecule has 2 aromatic rings. The third-order valence-electron chi connectivity index (χ3n) is 4.87. The van der Waals surface area contributed by atoms with Crippen LogP contribution in [0.5, 0.6) is 0 Å². The second-order valence-corrected chi connectivity index (χ2v) is 8.97. The average Bonchev–Trinajstić information content (AvgIpc) is 2.67. The van der Waals surface area contributed by atoms with Crippen LogP contribution in [-0.4, -0.2) is 52.1 Å². The number of carbonyl (C=O) groups excluding carboxylic acids is 1. The zero-order chi connectivity index (χ0) is 20.3. The van der Waals surface area contributed by atoms with Crippen LogP contribution in [0.4, 0.5) is 5.69 Å². The van der Waals surface area contributed by atoms with Gasteiger partial charge in [-0.1, -0.05) is 35.4 Å². The lowest BCUT2D eigenvalue weighted by Crippen LogP contribution is -2.47. The number of benzene rings is 2. The maximum atomic E-state index is 13.4. The zero-order valence-corrected chi connectivity index (χ0v) is 17.3. The predicted octanol–water partition coefficient (Wildman–Crippen LogP) is 2.67. The molecule has 1 amide bonds. The lowest BCUT2D eigenvalue weighted by Gasteiger charge is -2.31.